The fraction of sp³-hybridized carbons (Fsp3) is 0. The Morgan fingerprint density at radius 1 is 1.25 bits per heavy atom. The van der Waals surface area contributed by atoms with Gasteiger partial charge in [-0.15, -0.1) is 0 Å². The molecule has 0 rings (SSSR count). The zero-order chi connectivity index (χ0) is 4.50. The number of hydrogen-bond acceptors (Lipinski definition) is 2. The molecule has 4 nitrogen and oxygen atoms in total. The predicted molar refractivity (Wildman–Crippen MR) is 17.8 cm³/mol. The van der Waals surface area contributed by atoms with Crippen molar-refractivity contribution in [3.05, 3.63) is 0 Å². The van der Waals surface area contributed by atoms with Crippen LogP contribution in [0, 0.1) is 0 Å². The van der Waals surface area contributed by atoms with Gasteiger partial charge < -0.3 is 1.43 Å². The van der Waals surface area contributed by atoms with Gasteiger partial charge in [0.1, 0.15) is 0 Å². The summed E-state index contributed by atoms with van der Waals surface area (Å²) in [6.07, 6.45) is 0. The van der Waals surface area contributed by atoms with Gasteiger partial charge in [-0.2, -0.15) is 8.42 Å². The zero-order valence-corrected chi connectivity index (χ0v) is 5.72. The van der Waals surface area contributed by atoms with Crippen molar-refractivity contribution in [2.75, 3.05) is 0 Å². The summed E-state index contributed by atoms with van der Waals surface area (Å²) in [6.45, 7) is 0. The quantitative estimate of drug-likeness (QED) is 0.305. The monoisotopic (exact) mass is 185 g/mol. The Morgan fingerprint density at radius 2 is 1.25 bits per heavy atom. The summed E-state index contributed by atoms with van der Waals surface area (Å²) in [6, 6.07) is 0. The molecule has 0 aliphatic carbocycles. The molecule has 0 aromatic heterocycles. The van der Waals surface area contributed by atoms with Crippen LogP contribution >= 0.6 is 0 Å². The first-order valence-electron chi connectivity index (χ1n) is 0.698. The van der Waals surface area contributed by atoms with Gasteiger partial charge >= 0.3 is 29.3 Å². The molecule has 0 spiro atoms. The van der Waals surface area contributed by atoms with E-state index in [1.807, 2.05) is 0 Å². The first-order valence-corrected chi connectivity index (χ1v) is 2.10. The van der Waals surface area contributed by atoms with Gasteiger partial charge in [0.15, 0.2) is 0 Å². The molecule has 0 aliphatic heterocycles. The van der Waals surface area contributed by atoms with Crippen molar-refractivity contribution < 1.29 is 59.3 Å². The van der Waals surface area contributed by atoms with Crippen LogP contribution in [0.15, 0.2) is 0 Å². The molecule has 0 atom stereocenters. The molecule has 0 bridgehead atoms. The first kappa shape index (κ1) is 23.1. The summed E-state index contributed by atoms with van der Waals surface area (Å²) < 4.78 is 31.6. The average molecular weight is 185 g/mol. The Labute approximate surface area is 69.8 Å². The first-order chi connectivity index (χ1) is 2.00. The van der Waals surface area contributed by atoms with Crippen LogP contribution in [0.25, 0.3) is 0 Å². The third-order valence-electron chi connectivity index (χ3n) is 0. The van der Waals surface area contributed by atoms with E-state index in [1.165, 1.54) is 0 Å². The molecule has 8 heavy (non-hydrogen) atoms. The SMILES string of the molecule is F.O=S(=O)(O)O.[Co].[H-].[Li+]. The van der Waals surface area contributed by atoms with Gasteiger partial charge in [0.2, 0.25) is 0 Å². The maximum atomic E-state index is 8.74. The third-order valence-corrected chi connectivity index (χ3v) is 0. The van der Waals surface area contributed by atoms with Crippen LogP contribution in [-0.2, 0) is 27.2 Å². The molecular formula is H4CoFLiO4S. The molecule has 51 valence electrons. The largest absolute Gasteiger partial charge is 1.00 e. The fourth-order valence-corrected chi connectivity index (χ4v) is 0. The molecule has 0 aliphatic rings. The molecule has 0 amide bonds. The number of hydrogen-bond donors (Lipinski definition) is 2. The van der Waals surface area contributed by atoms with Gasteiger partial charge in [0.25, 0.3) is 0 Å². The fourth-order valence-electron chi connectivity index (χ4n) is 0. The maximum Gasteiger partial charge on any atom is 1.00 e. The van der Waals surface area contributed by atoms with Crippen molar-refractivity contribution in [2.45, 2.75) is 0 Å². The standard InChI is InChI=1S/Co.FH.Li.H2O4S.H/c;;;1-5(2,3)4;/h;1H;;(H2,1,2,3,4);/q;;+1;;-1. The molecule has 0 saturated heterocycles. The summed E-state index contributed by atoms with van der Waals surface area (Å²) in [5, 5.41) is 0. The van der Waals surface area contributed by atoms with Gasteiger partial charge in [0.05, 0.1) is 0 Å². The predicted octanol–water partition coefficient (Wildman–Crippen LogP) is -3.39. The van der Waals surface area contributed by atoms with Crippen molar-refractivity contribution in [3.63, 3.8) is 0 Å². The van der Waals surface area contributed by atoms with E-state index in [0.717, 1.165) is 0 Å². The van der Waals surface area contributed by atoms with Crippen molar-refractivity contribution in [2.24, 2.45) is 0 Å². The van der Waals surface area contributed by atoms with E-state index in [0.29, 0.717) is 0 Å². The Morgan fingerprint density at radius 3 is 1.25 bits per heavy atom. The molecule has 0 unspecified atom stereocenters. The maximum absolute atomic E-state index is 8.74. The summed E-state index contributed by atoms with van der Waals surface area (Å²) >= 11 is 0. The zero-order valence-electron chi connectivity index (χ0n) is 4.86. The van der Waals surface area contributed by atoms with E-state index in [9.17, 15) is 0 Å². The van der Waals surface area contributed by atoms with E-state index in [2.05, 4.69) is 0 Å². The van der Waals surface area contributed by atoms with Gasteiger partial charge in [-0.3, -0.25) is 13.8 Å². The van der Waals surface area contributed by atoms with Crippen LogP contribution in [0.1, 0.15) is 1.43 Å². The number of rotatable bonds is 0. The molecule has 0 heterocycles. The van der Waals surface area contributed by atoms with E-state index in [1.54, 1.807) is 0 Å². The summed E-state index contributed by atoms with van der Waals surface area (Å²) in [5.41, 5.74) is 0. The van der Waals surface area contributed by atoms with Crippen molar-refractivity contribution >= 4 is 10.4 Å². The Bertz CT molecular complexity index is 104. The second-order valence-corrected chi connectivity index (χ2v) is 1.34. The molecule has 0 aromatic rings. The Hall–Kier alpha value is 0.904. The van der Waals surface area contributed by atoms with Crippen LogP contribution in [-0.4, -0.2) is 17.5 Å². The molecular weight excluding hydrogens is 181 g/mol. The summed E-state index contributed by atoms with van der Waals surface area (Å²) in [7, 11) is -4.67. The summed E-state index contributed by atoms with van der Waals surface area (Å²) in [5.74, 6) is 0. The molecule has 1 radical (unpaired) electrons. The molecule has 0 fully saturated rings. The normalized spacial score (nSPS) is 7.25. The second-order valence-electron chi connectivity index (χ2n) is 0.448. The van der Waals surface area contributed by atoms with Crippen molar-refractivity contribution in [3.8, 4) is 0 Å². The minimum atomic E-state index is -4.67. The molecule has 8 heteroatoms. The van der Waals surface area contributed by atoms with Crippen molar-refractivity contribution in [1.82, 2.24) is 0 Å². The Balaban J connectivity index is -0.0000000133. The van der Waals surface area contributed by atoms with E-state index in [-0.39, 0.29) is 41.8 Å². The van der Waals surface area contributed by atoms with Gasteiger partial charge in [-0.25, -0.2) is 0 Å². The average Bonchev–Trinajstić information content (AvgIpc) is 0.722. The third kappa shape index (κ3) is 295. The van der Waals surface area contributed by atoms with Crippen LogP contribution in [0.5, 0.6) is 0 Å². The molecule has 0 saturated carbocycles. The van der Waals surface area contributed by atoms with Gasteiger partial charge in [-0.1, -0.05) is 0 Å². The van der Waals surface area contributed by atoms with Crippen LogP contribution < -0.4 is 18.9 Å². The van der Waals surface area contributed by atoms with Crippen molar-refractivity contribution in [1.29, 1.82) is 0 Å². The molecule has 0 aromatic carbocycles. The smallest absolute Gasteiger partial charge is 1.00 e. The van der Waals surface area contributed by atoms with E-state index >= 15 is 0 Å². The van der Waals surface area contributed by atoms with Gasteiger partial charge in [-0.05, 0) is 0 Å². The minimum absolute atomic E-state index is 0. The Kier molecular flexibility index (Phi) is 22.9. The van der Waals surface area contributed by atoms with Crippen LogP contribution in [0.3, 0.4) is 0 Å². The topological polar surface area (TPSA) is 74.6 Å². The summed E-state index contributed by atoms with van der Waals surface area (Å²) in [4.78, 5) is 0. The van der Waals surface area contributed by atoms with E-state index < -0.39 is 10.4 Å². The minimum Gasteiger partial charge on any atom is -1.00 e. The van der Waals surface area contributed by atoms with Crippen LogP contribution in [0.4, 0.5) is 4.70 Å². The number of halogens is 1. The van der Waals surface area contributed by atoms with E-state index in [4.69, 9.17) is 17.5 Å². The van der Waals surface area contributed by atoms with Crippen LogP contribution in [0.2, 0.25) is 0 Å². The molecule has 2 N–H and O–H groups in total. The second kappa shape index (κ2) is 7.90. The van der Waals surface area contributed by atoms with Gasteiger partial charge in [0, 0.05) is 16.8 Å².